The van der Waals surface area contributed by atoms with Gasteiger partial charge in [0.1, 0.15) is 0 Å². The molecule has 1 aliphatic heterocycles. The molecule has 0 bridgehead atoms. The highest BCUT2D eigenvalue weighted by Gasteiger charge is 2.14. The molecule has 2 heterocycles. The van der Waals surface area contributed by atoms with E-state index in [4.69, 9.17) is 4.74 Å². The second-order valence-corrected chi connectivity index (χ2v) is 4.18. The van der Waals surface area contributed by atoms with Crippen LogP contribution in [-0.2, 0) is 11.3 Å². The first-order valence-electron chi connectivity index (χ1n) is 5.54. The van der Waals surface area contributed by atoms with Crippen molar-refractivity contribution in [3.8, 4) is 0 Å². The molecule has 1 unspecified atom stereocenters. The molecule has 0 aliphatic carbocycles. The van der Waals surface area contributed by atoms with Gasteiger partial charge in [-0.1, -0.05) is 0 Å². The number of aromatic nitrogens is 1. The lowest BCUT2D eigenvalue weighted by Crippen LogP contribution is -2.29. The molecule has 1 saturated heterocycles. The molecule has 3 heteroatoms. The van der Waals surface area contributed by atoms with Gasteiger partial charge in [-0.05, 0) is 37.8 Å². The highest BCUT2D eigenvalue weighted by Crippen LogP contribution is 2.13. The Hall–Kier alpha value is -1.09. The lowest BCUT2D eigenvalue weighted by Gasteiger charge is -2.23. The first-order chi connectivity index (χ1) is 7.25. The molecular weight excluding hydrogens is 190 g/mol. The summed E-state index contributed by atoms with van der Waals surface area (Å²) in [7, 11) is 0. The molecule has 1 aromatic heterocycles. The van der Waals surface area contributed by atoms with Crippen LogP contribution in [0, 0.1) is 6.92 Å². The van der Waals surface area contributed by atoms with Crippen molar-refractivity contribution in [3.63, 3.8) is 0 Å². The summed E-state index contributed by atoms with van der Waals surface area (Å²) in [4.78, 5) is 11.6. The zero-order chi connectivity index (χ0) is 10.7. The van der Waals surface area contributed by atoms with E-state index in [0.29, 0.717) is 6.54 Å². The van der Waals surface area contributed by atoms with Crippen LogP contribution in [-0.4, -0.2) is 17.3 Å². The average molecular weight is 207 g/mol. The fraction of sp³-hybridized carbons (Fsp3) is 0.583. The lowest BCUT2D eigenvalue weighted by atomic mass is 10.1. The first-order valence-corrected chi connectivity index (χ1v) is 5.54. The number of hydrogen-bond acceptors (Lipinski definition) is 2. The van der Waals surface area contributed by atoms with Crippen LogP contribution in [0.15, 0.2) is 23.1 Å². The van der Waals surface area contributed by atoms with Gasteiger partial charge in [-0.3, -0.25) is 4.79 Å². The van der Waals surface area contributed by atoms with E-state index in [2.05, 4.69) is 0 Å². The molecule has 1 atom stereocenters. The van der Waals surface area contributed by atoms with Crippen molar-refractivity contribution in [2.45, 2.75) is 38.8 Å². The van der Waals surface area contributed by atoms with Gasteiger partial charge in [0, 0.05) is 18.9 Å². The summed E-state index contributed by atoms with van der Waals surface area (Å²) in [6, 6.07) is 3.63. The smallest absolute Gasteiger partial charge is 0.250 e. The Morgan fingerprint density at radius 2 is 2.40 bits per heavy atom. The van der Waals surface area contributed by atoms with E-state index in [-0.39, 0.29) is 11.7 Å². The number of nitrogens with zero attached hydrogens (tertiary/aromatic N) is 1. The molecule has 0 aromatic carbocycles. The summed E-state index contributed by atoms with van der Waals surface area (Å²) in [5.41, 5.74) is 1.09. The van der Waals surface area contributed by atoms with E-state index in [1.165, 1.54) is 6.42 Å². The van der Waals surface area contributed by atoms with Gasteiger partial charge in [0.15, 0.2) is 0 Å². The summed E-state index contributed by atoms with van der Waals surface area (Å²) in [6.07, 6.45) is 5.51. The maximum atomic E-state index is 11.6. The molecule has 82 valence electrons. The van der Waals surface area contributed by atoms with Gasteiger partial charge in [-0.15, -0.1) is 0 Å². The summed E-state index contributed by atoms with van der Waals surface area (Å²) in [5.74, 6) is 0. The maximum absolute atomic E-state index is 11.6. The summed E-state index contributed by atoms with van der Waals surface area (Å²) in [6.45, 7) is 3.47. The Kier molecular flexibility index (Phi) is 3.21. The molecule has 0 N–H and O–H groups in total. The second kappa shape index (κ2) is 4.62. The fourth-order valence-corrected chi connectivity index (χ4v) is 1.93. The van der Waals surface area contributed by atoms with Crippen molar-refractivity contribution >= 4 is 0 Å². The van der Waals surface area contributed by atoms with Crippen molar-refractivity contribution in [2.24, 2.45) is 0 Å². The van der Waals surface area contributed by atoms with Crippen LogP contribution >= 0.6 is 0 Å². The summed E-state index contributed by atoms with van der Waals surface area (Å²) >= 11 is 0. The molecular formula is C12H17NO2. The monoisotopic (exact) mass is 207 g/mol. The third-order valence-corrected chi connectivity index (χ3v) is 2.83. The van der Waals surface area contributed by atoms with Crippen molar-refractivity contribution < 1.29 is 4.74 Å². The Morgan fingerprint density at radius 1 is 1.53 bits per heavy atom. The third-order valence-electron chi connectivity index (χ3n) is 2.83. The SMILES string of the molecule is Cc1ccn(CC2CCCCO2)c(=O)c1. The van der Waals surface area contributed by atoms with Crippen LogP contribution in [0.5, 0.6) is 0 Å². The first kappa shape index (κ1) is 10.4. The molecule has 15 heavy (non-hydrogen) atoms. The number of rotatable bonds is 2. The van der Waals surface area contributed by atoms with Crippen molar-refractivity contribution in [1.82, 2.24) is 4.57 Å². The Balaban J connectivity index is 2.06. The number of hydrogen-bond donors (Lipinski definition) is 0. The van der Waals surface area contributed by atoms with Crippen molar-refractivity contribution in [2.75, 3.05) is 6.61 Å². The van der Waals surface area contributed by atoms with Crippen LogP contribution in [0.3, 0.4) is 0 Å². The Morgan fingerprint density at radius 3 is 3.07 bits per heavy atom. The van der Waals surface area contributed by atoms with Gasteiger partial charge >= 0.3 is 0 Å². The molecule has 3 nitrogen and oxygen atoms in total. The van der Waals surface area contributed by atoms with E-state index in [0.717, 1.165) is 25.0 Å². The van der Waals surface area contributed by atoms with Gasteiger partial charge < -0.3 is 9.30 Å². The molecule has 0 spiro atoms. The molecule has 2 rings (SSSR count). The van der Waals surface area contributed by atoms with E-state index < -0.39 is 0 Å². The Labute approximate surface area is 89.7 Å². The summed E-state index contributed by atoms with van der Waals surface area (Å²) in [5, 5.41) is 0. The highest BCUT2D eigenvalue weighted by atomic mass is 16.5. The standard InChI is InChI=1S/C12H17NO2/c1-10-5-6-13(12(14)8-10)9-11-4-2-3-7-15-11/h5-6,8,11H,2-4,7,9H2,1H3. The molecule has 1 aromatic rings. The largest absolute Gasteiger partial charge is 0.376 e. The lowest BCUT2D eigenvalue weighted by molar-refractivity contribution is 0.00542. The average Bonchev–Trinajstić information content (AvgIpc) is 2.24. The quantitative estimate of drug-likeness (QED) is 0.739. The molecule has 0 radical (unpaired) electrons. The second-order valence-electron chi connectivity index (χ2n) is 4.18. The minimum absolute atomic E-state index is 0.0733. The number of ether oxygens (including phenoxy) is 1. The third kappa shape index (κ3) is 2.69. The van der Waals surface area contributed by atoms with E-state index >= 15 is 0 Å². The van der Waals surface area contributed by atoms with Gasteiger partial charge in [-0.2, -0.15) is 0 Å². The van der Waals surface area contributed by atoms with Crippen LogP contribution in [0.2, 0.25) is 0 Å². The topological polar surface area (TPSA) is 31.2 Å². The van der Waals surface area contributed by atoms with Gasteiger partial charge in [0.2, 0.25) is 0 Å². The normalized spacial score (nSPS) is 21.5. The van der Waals surface area contributed by atoms with E-state index in [1.54, 1.807) is 10.6 Å². The van der Waals surface area contributed by atoms with E-state index in [9.17, 15) is 4.79 Å². The maximum Gasteiger partial charge on any atom is 0.250 e. The van der Waals surface area contributed by atoms with Crippen LogP contribution in [0.1, 0.15) is 24.8 Å². The number of pyridine rings is 1. The predicted molar refractivity (Wildman–Crippen MR) is 59.0 cm³/mol. The van der Waals surface area contributed by atoms with Gasteiger partial charge in [0.25, 0.3) is 5.56 Å². The number of aryl methyl sites for hydroxylation is 1. The predicted octanol–water partition coefficient (Wildman–Crippen LogP) is 1.73. The van der Waals surface area contributed by atoms with Crippen LogP contribution < -0.4 is 5.56 Å². The Bertz CT molecular complexity index is 377. The minimum atomic E-state index is 0.0733. The molecule has 0 saturated carbocycles. The van der Waals surface area contributed by atoms with Gasteiger partial charge in [-0.25, -0.2) is 0 Å². The van der Waals surface area contributed by atoms with Crippen LogP contribution in [0.25, 0.3) is 0 Å². The molecule has 0 amide bonds. The molecule has 1 aliphatic rings. The van der Waals surface area contributed by atoms with E-state index in [1.807, 2.05) is 19.2 Å². The zero-order valence-electron chi connectivity index (χ0n) is 9.11. The summed E-state index contributed by atoms with van der Waals surface area (Å²) < 4.78 is 7.35. The van der Waals surface area contributed by atoms with Crippen molar-refractivity contribution in [3.05, 3.63) is 34.2 Å². The van der Waals surface area contributed by atoms with Crippen molar-refractivity contribution in [1.29, 1.82) is 0 Å². The van der Waals surface area contributed by atoms with Crippen LogP contribution in [0.4, 0.5) is 0 Å². The zero-order valence-corrected chi connectivity index (χ0v) is 9.11. The minimum Gasteiger partial charge on any atom is -0.376 e. The fourth-order valence-electron chi connectivity index (χ4n) is 1.93. The van der Waals surface area contributed by atoms with Gasteiger partial charge in [0.05, 0.1) is 12.6 Å². The highest BCUT2D eigenvalue weighted by molar-refractivity contribution is 5.08. The molecule has 1 fully saturated rings.